The average molecular weight is 338 g/mol. The molecule has 0 unspecified atom stereocenters. The number of anilines is 1. The van der Waals surface area contributed by atoms with E-state index in [-0.39, 0.29) is 5.69 Å². The van der Waals surface area contributed by atoms with Gasteiger partial charge in [-0.1, -0.05) is 15.9 Å². The molecule has 20 heavy (non-hydrogen) atoms. The number of carbonyl (C=O) groups is 1. The normalized spacial score (nSPS) is 10.6. The summed E-state index contributed by atoms with van der Waals surface area (Å²) < 4.78 is 7.64. The van der Waals surface area contributed by atoms with E-state index in [4.69, 9.17) is 10.5 Å². The van der Waals surface area contributed by atoms with Crippen molar-refractivity contribution in [3.8, 4) is 5.69 Å². The van der Waals surface area contributed by atoms with E-state index in [0.717, 1.165) is 15.7 Å². The van der Waals surface area contributed by atoms with E-state index in [1.165, 1.54) is 0 Å². The van der Waals surface area contributed by atoms with Gasteiger partial charge in [0, 0.05) is 4.47 Å². The van der Waals surface area contributed by atoms with Crippen LogP contribution in [0.15, 0.2) is 22.7 Å². The highest BCUT2D eigenvalue weighted by Crippen LogP contribution is 2.25. The van der Waals surface area contributed by atoms with Crippen LogP contribution in [0.1, 0.15) is 28.8 Å². The van der Waals surface area contributed by atoms with Gasteiger partial charge in [0.25, 0.3) is 0 Å². The Bertz CT molecular complexity index is 644. The number of benzene rings is 1. The van der Waals surface area contributed by atoms with E-state index in [9.17, 15) is 4.79 Å². The maximum atomic E-state index is 11.8. The Morgan fingerprint density at radius 2 is 2.10 bits per heavy atom. The molecule has 1 heterocycles. The number of esters is 1. The SMILES string of the molecule is CCOC(=O)c1nc(C)n(-c2cc(C)cc(Br)c2)c1N. The first-order chi connectivity index (χ1) is 9.43. The number of hydrogen-bond acceptors (Lipinski definition) is 4. The van der Waals surface area contributed by atoms with Crippen molar-refractivity contribution in [2.45, 2.75) is 20.8 Å². The van der Waals surface area contributed by atoms with E-state index in [2.05, 4.69) is 20.9 Å². The molecule has 0 fully saturated rings. The number of imidazole rings is 1. The van der Waals surface area contributed by atoms with Gasteiger partial charge in [-0.2, -0.15) is 0 Å². The Kier molecular flexibility index (Phi) is 4.13. The van der Waals surface area contributed by atoms with Crippen LogP contribution in [0.25, 0.3) is 5.69 Å². The molecule has 2 aromatic rings. The van der Waals surface area contributed by atoms with Crippen LogP contribution in [0.3, 0.4) is 0 Å². The molecule has 1 aromatic heterocycles. The van der Waals surface area contributed by atoms with Gasteiger partial charge in [0.05, 0.1) is 12.3 Å². The Labute approximate surface area is 125 Å². The molecule has 2 rings (SSSR count). The second-order valence-electron chi connectivity index (χ2n) is 4.44. The Morgan fingerprint density at radius 1 is 1.40 bits per heavy atom. The minimum absolute atomic E-state index is 0.155. The first-order valence-electron chi connectivity index (χ1n) is 6.23. The summed E-state index contributed by atoms with van der Waals surface area (Å²) in [5.41, 5.74) is 8.15. The number of rotatable bonds is 3. The van der Waals surface area contributed by atoms with Gasteiger partial charge in [0.2, 0.25) is 0 Å². The highest BCUT2D eigenvalue weighted by atomic mass is 79.9. The monoisotopic (exact) mass is 337 g/mol. The number of ether oxygens (including phenoxy) is 1. The van der Waals surface area contributed by atoms with E-state index in [1.54, 1.807) is 18.4 Å². The van der Waals surface area contributed by atoms with E-state index >= 15 is 0 Å². The van der Waals surface area contributed by atoms with Crippen molar-refractivity contribution in [3.63, 3.8) is 0 Å². The van der Waals surface area contributed by atoms with Crippen LogP contribution in [-0.2, 0) is 4.74 Å². The molecule has 0 aliphatic rings. The van der Waals surface area contributed by atoms with Crippen LogP contribution in [0.5, 0.6) is 0 Å². The zero-order valence-corrected chi connectivity index (χ0v) is 13.2. The van der Waals surface area contributed by atoms with Crippen molar-refractivity contribution in [3.05, 3.63) is 39.8 Å². The van der Waals surface area contributed by atoms with Gasteiger partial charge in [-0.15, -0.1) is 0 Å². The standard InChI is InChI=1S/C14H16BrN3O2/c1-4-20-14(19)12-13(16)18(9(3)17-12)11-6-8(2)5-10(15)7-11/h5-7H,4,16H2,1-3H3. The molecule has 0 atom stereocenters. The summed E-state index contributed by atoms with van der Waals surface area (Å²) in [5.74, 6) is 0.431. The van der Waals surface area contributed by atoms with Gasteiger partial charge in [0.1, 0.15) is 11.6 Å². The molecule has 0 saturated heterocycles. The van der Waals surface area contributed by atoms with Crippen LogP contribution in [0.4, 0.5) is 5.82 Å². The summed E-state index contributed by atoms with van der Waals surface area (Å²) in [6.45, 7) is 5.83. The Balaban J connectivity index is 2.55. The molecule has 0 radical (unpaired) electrons. The Morgan fingerprint density at radius 3 is 2.70 bits per heavy atom. The molecule has 2 N–H and O–H groups in total. The van der Waals surface area contributed by atoms with Gasteiger partial charge in [-0.3, -0.25) is 4.57 Å². The summed E-state index contributed by atoms with van der Waals surface area (Å²) >= 11 is 3.45. The fourth-order valence-electron chi connectivity index (χ4n) is 2.07. The number of nitrogens with zero attached hydrogens (tertiary/aromatic N) is 2. The molecule has 0 amide bonds. The number of nitrogens with two attached hydrogens (primary N) is 1. The molecule has 0 bridgehead atoms. The van der Waals surface area contributed by atoms with E-state index < -0.39 is 5.97 Å². The van der Waals surface area contributed by atoms with Crippen LogP contribution in [0.2, 0.25) is 0 Å². The quantitative estimate of drug-likeness (QED) is 0.874. The summed E-state index contributed by atoms with van der Waals surface area (Å²) in [6.07, 6.45) is 0. The van der Waals surface area contributed by atoms with Crippen molar-refractivity contribution in [1.82, 2.24) is 9.55 Å². The van der Waals surface area contributed by atoms with Crippen LogP contribution < -0.4 is 5.73 Å². The zero-order valence-electron chi connectivity index (χ0n) is 11.6. The lowest BCUT2D eigenvalue weighted by molar-refractivity contribution is 0.0521. The van der Waals surface area contributed by atoms with Crippen LogP contribution >= 0.6 is 15.9 Å². The van der Waals surface area contributed by atoms with Gasteiger partial charge in [0.15, 0.2) is 5.69 Å². The van der Waals surface area contributed by atoms with Crippen molar-refractivity contribution < 1.29 is 9.53 Å². The van der Waals surface area contributed by atoms with Crippen LogP contribution in [-0.4, -0.2) is 22.1 Å². The first kappa shape index (κ1) is 14.6. The first-order valence-corrected chi connectivity index (χ1v) is 7.02. The lowest BCUT2D eigenvalue weighted by Gasteiger charge is -2.09. The van der Waals surface area contributed by atoms with Gasteiger partial charge in [-0.25, -0.2) is 9.78 Å². The number of nitrogen functional groups attached to an aromatic ring is 1. The highest BCUT2D eigenvalue weighted by Gasteiger charge is 2.20. The fourth-order valence-corrected chi connectivity index (χ4v) is 2.67. The molecule has 0 aliphatic carbocycles. The number of carbonyl (C=O) groups excluding carboxylic acids is 1. The van der Waals surface area contributed by atoms with Crippen molar-refractivity contribution in [2.24, 2.45) is 0 Å². The average Bonchev–Trinajstić information content (AvgIpc) is 2.64. The summed E-state index contributed by atoms with van der Waals surface area (Å²) in [6, 6.07) is 5.90. The molecule has 0 aliphatic heterocycles. The summed E-state index contributed by atoms with van der Waals surface area (Å²) in [7, 11) is 0. The minimum Gasteiger partial charge on any atom is -0.461 e. The van der Waals surface area contributed by atoms with Crippen molar-refractivity contribution in [2.75, 3.05) is 12.3 Å². The minimum atomic E-state index is -0.501. The number of hydrogen-bond donors (Lipinski definition) is 1. The maximum absolute atomic E-state index is 11.8. The molecule has 5 nitrogen and oxygen atoms in total. The topological polar surface area (TPSA) is 70.1 Å². The largest absolute Gasteiger partial charge is 0.461 e. The number of aryl methyl sites for hydroxylation is 2. The predicted octanol–water partition coefficient (Wildman–Crippen LogP) is 3.01. The molecule has 0 saturated carbocycles. The number of halogens is 1. The molecule has 1 aromatic carbocycles. The van der Waals surface area contributed by atoms with Crippen molar-refractivity contribution in [1.29, 1.82) is 0 Å². The molecule has 0 spiro atoms. The third-order valence-corrected chi connectivity index (χ3v) is 3.29. The van der Waals surface area contributed by atoms with Gasteiger partial charge < -0.3 is 10.5 Å². The third-order valence-electron chi connectivity index (χ3n) is 2.83. The Hall–Kier alpha value is -1.82. The lowest BCUT2D eigenvalue weighted by Crippen LogP contribution is -2.09. The predicted molar refractivity (Wildman–Crippen MR) is 81.1 cm³/mol. The van der Waals surface area contributed by atoms with Crippen LogP contribution in [0, 0.1) is 13.8 Å². The number of aromatic nitrogens is 2. The van der Waals surface area contributed by atoms with E-state index in [0.29, 0.717) is 18.2 Å². The van der Waals surface area contributed by atoms with Crippen molar-refractivity contribution >= 4 is 27.7 Å². The second kappa shape index (κ2) is 5.66. The van der Waals surface area contributed by atoms with E-state index in [1.807, 2.05) is 25.1 Å². The molecule has 6 heteroatoms. The zero-order chi connectivity index (χ0) is 14.9. The molecule has 106 valence electrons. The maximum Gasteiger partial charge on any atom is 0.360 e. The fraction of sp³-hybridized carbons (Fsp3) is 0.286. The summed E-state index contributed by atoms with van der Waals surface area (Å²) in [5, 5.41) is 0. The smallest absolute Gasteiger partial charge is 0.360 e. The molecular formula is C14H16BrN3O2. The third kappa shape index (κ3) is 2.70. The molecular weight excluding hydrogens is 322 g/mol. The highest BCUT2D eigenvalue weighted by molar-refractivity contribution is 9.10. The second-order valence-corrected chi connectivity index (χ2v) is 5.35. The summed E-state index contributed by atoms with van der Waals surface area (Å²) in [4.78, 5) is 16.0. The van der Waals surface area contributed by atoms with Gasteiger partial charge >= 0.3 is 5.97 Å². The van der Waals surface area contributed by atoms with Gasteiger partial charge in [-0.05, 0) is 44.5 Å². The lowest BCUT2D eigenvalue weighted by atomic mass is 10.2.